The van der Waals surface area contributed by atoms with Gasteiger partial charge in [0.2, 0.25) is 0 Å². The quantitative estimate of drug-likeness (QED) is 0.792. The van der Waals surface area contributed by atoms with Gasteiger partial charge in [-0.1, -0.05) is 0 Å². The van der Waals surface area contributed by atoms with E-state index < -0.39 is 5.97 Å². The van der Waals surface area contributed by atoms with Crippen molar-refractivity contribution in [2.75, 3.05) is 20.1 Å². The summed E-state index contributed by atoms with van der Waals surface area (Å²) in [6, 6.07) is 0.654. The van der Waals surface area contributed by atoms with Crippen LogP contribution in [0.25, 0.3) is 0 Å². The first-order valence-electron chi connectivity index (χ1n) is 7.38. The summed E-state index contributed by atoms with van der Waals surface area (Å²) in [5.41, 5.74) is 0. The van der Waals surface area contributed by atoms with E-state index in [1.165, 1.54) is 0 Å². The maximum atomic E-state index is 12.3. The average Bonchev–Trinajstić information content (AvgIpc) is 2.84. The molecule has 0 aromatic heterocycles. The van der Waals surface area contributed by atoms with E-state index in [2.05, 4.69) is 31.1 Å². The molecule has 2 unspecified atom stereocenters. The molecule has 0 radical (unpaired) electrons. The molecule has 0 bridgehead atoms. The highest BCUT2D eigenvalue weighted by Gasteiger charge is 2.33. The minimum Gasteiger partial charge on any atom is -0.481 e. The van der Waals surface area contributed by atoms with Crippen LogP contribution in [-0.4, -0.2) is 65.2 Å². The highest BCUT2D eigenvalue weighted by Crippen LogP contribution is 2.26. The van der Waals surface area contributed by atoms with Gasteiger partial charge < -0.3 is 15.3 Å². The van der Waals surface area contributed by atoms with E-state index in [-0.39, 0.29) is 18.0 Å². The van der Waals surface area contributed by atoms with E-state index in [0.717, 1.165) is 19.5 Å². The molecule has 2 amide bonds. The first-order valence-corrected chi connectivity index (χ1v) is 7.38. The maximum absolute atomic E-state index is 12.3. The molecule has 1 saturated heterocycles. The van der Waals surface area contributed by atoms with Gasteiger partial charge in [-0.15, -0.1) is 0 Å². The standard InChI is InChI=1S/C14H25N3O3/c1-9-7-17(8-10(2)16(9)3)14(20)15-12-5-4-11(6-12)13(18)19/h9-12H,4-8H2,1-3H3,(H,15,20)(H,18,19)/t9?,10?,11-,12+/m1/s1. The Kier molecular flexibility index (Phi) is 4.52. The van der Waals surface area contributed by atoms with Gasteiger partial charge in [0.05, 0.1) is 5.92 Å². The normalized spacial score (nSPS) is 35.0. The van der Waals surface area contributed by atoms with Crippen molar-refractivity contribution in [3.8, 4) is 0 Å². The third kappa shape index (κ3) is 3.23. The molecule has 0 aromatic rings. The van der Waals surface area contributed by atoms with Crippen LogP contribution in [0, 0.1) is 5.92 Å². The van der Waals surface area contributed by atoms with Crippen LogP contribution in [-0.2, 0) is 4.79 Å². The van der Waals surface area contributed by atoms with Crippen LogP contribution in [0.4, 0.5) is 4.79 Å². The van der Waals surface area contributed by atoms with Crippen molar-refractivity contribution >= 4 is 12.0 Å². The van der Waals surface area contributed by atoms with E-state index >= 15 is 0 Å². The van der Waals surface area contributed by atoms with E-state index in [1.807, 2.05) is 4.90 Å². The number of nitrogens with one attached hydrogen (secondary N) is 1. The number of aliphatic carboxylic acids is 1. The fourth-order valence-electron chi connectivity index (χ4n) is 3.17. The van der Waals surface area contributed by atoms with Gasteiger partial charge in [0.15, 0.2) is 0 Å². The first kappa shape index (κ1) is 15.1. The molecule has 20 heavy (non-hydrogen) atoms. The molecular weight excluding hydrogens is 258 g/mol. The summed E-state index contributed by atoms with van der Waals surface area (Å²) in [5, 5.41) is 12.0. The number of amides is 2. The first-order chi connectivity index (χ1) is 9.38. The van der Waals surface area contributed by atoms with Crippen LogP contribution in [0.15, 0.2) is 0 Å². The minimum absolute atomic E-state index is 0.00821. The lowest BCUT2D eigenvalue weighted by Crippen LogP contribution is -2.59. The molecule has 1 saturated carbocycles. The molecular formula is C14H25N3O3. The molecule has 2 fully saturated rings. The summed E-state index contributed by atoms with van der Waals surface area (Å²) in [6.45, 7) is 5.68. The lowest BCUT2D eigenvalue weighted by molar-refractivity contribution is -0.141. The summed E-state index contributed by atoms with van der Waals surface area (Å²) in [7, 11) is 2.08. The predicted octanol–water partition coefficient (Wildman–Crippen LogP) is 0.974. The molecule has 0 aromatic carbocycles. The number of hydrogen-bond donors (Lipinski definition) is 2. The molecule has 2 rings (SSSR count). The van der Waals surface area contributed by atoms with Gasteiger partial charge in [0, 0.05) is 31.2 Å². The molecule has 1 aliphatic heterocycles. The summed E-state index contributed by atoms with van der Waals surface area (Å²) in [5.74, 6) is -1.05. The van der Waals surface area contributed by atoms with Crippen molar-refractivity contribution in [3.63, 3.8) is 0 Å². The molecule has 2 aliphatic rings. The van der Waals surface area contributed by atoms with Gasteiger partial charge in [-0.05, 0) is 40.2 Å². The molecule has 1 aliphatic carbocycles. The minimum atomic E-state index is -0.747. The molecule has 1 heterocycles. The van der Waals surface area contributed by atoms with E-state index in [0.29, 0.717) is 24.9 Å². The molecule has 0 spiro atoms. The number of rotatable bonds is 2. The second-order valence-corrected chi connectivity index (χ2v) is 6.26. The average molecular weight is 283 g/mol. The maximum Gasteiger partial charge on any atom is 0.317 e. The molecule has 6 heteroatoms. The number of carbonyl (C=O) groups is 2. The fourth-order valence-corrected chi connectivity index (χ4v) is 3.17. The summed E-state index contributed by atoms with van der Waals surface area (Å²) in [4.78, 5) is 27.3. The Morgan fingerprint density at radius 1 is 1.15 bits per heavy atom. The molecule has 6 nitrogen and oxygen atoms in total. The van der Waals surface area contributed by atoms with Crippen molar-refractivity contribution < 1.29 is 14.7 Å². The third-order valence-corrected chi connectivity index (χ3v) is 4.76. The van der Waals surface area contributed by atoms with Crippen molar-refractivity contribution in [2.45, 2.75) is 51.2 Å². The van der Waals surface area contributed by atoms with Gasteiger partial charge >= 0.3 is 12.0 Å². The highest BCUT2D eigenvalue weighted by molar-refractivity contribution is 5.75. The number of urea groups is 1. The van der Waals surface area contributed by atoms with Crippen LogP contribution in [0.3, 0.4) is 0 Å². The number of carbonyl (C=O) groups excluding carboxylic acids is 1. The Labute approximate surface area is 120 Å². The zero-order valence-corrected chi connectivity index (χ0v) is 12.5. The second kappa shape index (κ2) is 5.99. The van der Waals surface area contributed by atoms with Gasteiger partial charge in [-0.25, -0.2) is 4.79 Å². The zero-order valence-electron chi connectivity index (χ0n) is 12.5. The monoisotopic (exact) mass is 283 g/mol. The van der Waals surface area contributed by atoms with Gasteiger partial charge in [-0.2, -0.15) is 0 Å². The number of nitrogens with zero attached hydrogens (tertiary/aromatic N) is 2. The van der Waals surface area contributed by atoms with E-state index in [4.69, 9.17) is 5.11 Å². The summed E-state index contributed by atoms with van der Waals surface area (Å²) < 4.78 is 0. The second-order valence-electron chi connectivity index (χ2n) is 6.26. The summed E-state index contributed by atoms with van der Waals surface area (Å²) >= 11 is 0. The Morgan fingerprint density at radius 2 is 1.75 bits per heavy atom. The Morgan fingerprint density at radius 3 is 2.25 bits per heavy atom. The largest absolute Gasteiger partial charge is 0.481 e. The van der Waals surface area contributed by atoms with Gasteiger partial charge in [-0.3, -0.25) is 9.69 Å². The molecule has 2 N–H and O–H groups in total. The Bertz CT molecular complexity index is 376. The lowest BCUT2D eigenvalue weighted by atomic mass is 10.1. The number of likely N-dealkylation sites (N-methyl/N-ethyl adjacent to an activating group) is 1. The number of piperazine rings is 1. The van der Waals surface area contributed by atoms with Gasteiger partial charge in [0.25, 0.3) is 0 Å². The van der Waals surface area contributed by atoms with E-state index in [9.17, 15) is 9.59 Å². The lowest BCUT2D eigenvalue weighted by Gasteiger charge is -2.42. The van der Waals surface area contributed by atoms with Crippen LogP contribution < -0.4 is 5.32 Å². The Balaban J connectivity index is 1.85. The van der Waals surface area contributed by atoms with Gasteiger partial charge in [0.1, 0.15) is 0 Å². The highest BCUT2D eigenvalue weighted by atomic mass is 16.4. The zero-order chi connectivity index (χ0) is 14.9. The van der Waals surface area contributed by atoms with Crippen LogP contribution in [0.2, 0.25) is 0 Å². The van der Waals surface area contributed by atoms with Crippen LogP contribution in [0.5, 0.6) is 0 Å². The predicted molar refractivity (Wildman–Crippen MR) is 75.6 cm³/mol. The SMILES string of the molecule is CC1CN(C(=O)N[C@H]2CC[C@@H](C(=O)O)C2)CC(C)N1C. The van der Waals surface area contributed by atoms with Crippen molar-refractivity contribution in [3.05, 3.63) is 0 Å². The fraction of sp³-hybridized carbons (Fsp3) is 0.857. The Hall–Kier alpha value is -1.30. The van der Waals surface area contributed by atoms with E-state index in [1.54, 1.807) is 0 Å². The molecule has 4 atom stereocenters. The number of carboxylic acid groups (broad SMARTS) is 1. The van der Waals surface area contributed by atoms with Crippen molar-refractivity contribution in [1.29, 1.82) is 0 Å². The van der Waals surface area contributed by atoms with Crippen molar-refractivity contribution in [2.24, 2.45) is 5.92 Å². The number of carboxylic acids is 1. The smallest absolute Gasteiger partial charge is 0.317 e. The van der Waals surface area contributed by atoms with Crippen LogP contribution in [0.1, 0.15) is 33.1 Å². The summed E-state index contributed by atoms with van der Waals surface area (Å²) in [6.07, 6.45) is 1.98. The topological polar surface area (TPSA) is 72.9 Å². The van der Waals surface area contributed by atoms with Crippen LogP contribution >= 0.6 is 0 Å². The molecule has 114 valence electrons. The number of hydrogen-bond acceptors (Lipinski definition) is 3. The third-order valence-electron chi connectivity index (χ3n) is 4.76. The van der Waals surface area contributed by atoms with Crippen molar-refractivity contribution in [1.82, 2.24) is 15.1 Å².